The number of rotatable bonds is 10. The monoisotopic (exact) mass is 567 g/mol. The second-order valence-corrected chi connectivity index (χ2v) is 11.1. The van der Waals surface area contributed by atoms with Gasteiger partial charge < -0.3 is 39.5 Å². The van der Waals surface area contributed by atoms with Crippen LogP contribution in [0.4, 0.5) is 5.82 Å². The summed E-state index contributed by atoms with van der Waals surface area (Å²) in [7, 11) is -17.0. The number of hydrogen-bond donors (Lipinski definition) is 5. The number of nitrogens with zero attached hydrogens (tertiary/aromatic N) is 2. The highest BCUT2D eigenvalue weighted by molar-refractivity contribution is 7.66. The molecule has 1 aromatic rings. The molecule has 1 aromatic heterocycles. The van der Waals surface area contributed by atoms with Gasteiger partial charge in [-0.05, 0) is 6.07 Å². The standard InChI is InChI=1S/C13H20N3O16P3/c1-6(17)28-10-8(5-27-34(23,24)32-35(25,26)31-33(20,21)22)30-12(11(10)29-7(2)18)16-4-3-9(14)15-13(16)19/h3-4,8,10-12H,5H2,1-2H3,(H,23,24)(H,25,26)(H2,14,15,19)(H2,20,21,22)/t8-,10-,11-,12-/m1/s1. The van der Waals surface area contributed by atoms with Crippen molar-refractivity contribution < 1.29 is 70.2 Å². The maximum atomic E-state index is 12.3. The molecule has 1 aliphatic rings. The SMILES string of the molecule is CC(=O)O[C@@H]1[C@H](OC(C)=O)[C@@H](COP(=O)(O)OP(=O)(O)OP(=O)(O)O)O[C@H]1n1ccc(N)nc1=O. The van der Waals surface area contributed by atoms with Gasteiger partial charge in [0.1, 0.15) is 11.9 Å². The fourth-order valence-corrected chi connectivity index (χ4v) is 5.84. The third kappa shape index (κ3) is 8.86. The number of phosphoric acid groups is 3. The third-order valence-corrected chi connectivity index (χ3v) is 7.64. The van der Waals surface area contributed by atoms with E-state index in [0.29, 0.717) is 0 Å². The Labute approximate surface area is 195 Å². The van der Waals surface area contributed by atoms with Crippen LogP contribution in [0.2, 0.25) is 0 Å². The van der Waals surface area contributed by atoms with E-state index in [1.54, 1.807) is 0 Å². The minimum atomic E-state index is -5.80. The summed E-state index contributed by atoms with van der Waals surface area (Å²) in [4.78, 5) is 75.0. The van der Waals surface area contributed by atoms with Gasteiger partial charge in [0, 0.05) is 20.0 Å². The van der Waals surface area contributed by atoms with E-state index in [1.165, 1.54) is 6.07 Å². The summed E-state index contributed by atoms with van der Waals surface area (Å²) in [5.74, 6) is -1.98. The van der Waals surface area contributed by atoms with E-state index in [4.69, 9.17) is 29.7 Å². The molecule has 0 spiro atoms. The summed E-state index contributed by atoms with van der Waals surface area (Å²) < 4.78 is 62.4. The molecular formula is C13H20N3O16P3. The largest absolute Gasteiger partial charge is 0.490 e. The van der Waals surface area contributed by atoms with Gasteiger partial charge in [-0.15, -0.1) is 0 Å². The smallest absolute Gasteiger partial charge is 0.456 e. The number of hydrogen-bond acceptors (Lipinski definition) is 14. The molecule has 0 bridgehead atoms. The van der Waals surface area contributed by atoms with E-state index in [0.717, 1.165) is 24.6 Å². The Balaban J connectivity index is 2.31. The number of aromatic nitrogens is 2. The Hall–Kier alpha value is -2.01. The highest BCUT2D eigenvalue weighted by Gasteiger charge is 2.51. The fourth-order valence-electron chi connectivity index (χ4n) is 2.81. The zero-order valence-electron chi connectivity index (χ0n) is 17.7. The Bertz CT molecular complexity index is 1160. The first-order chi connectivity index (χ1) is 15.9. The zero-order chi connectivity index (χ0) is 26.8. The molecule has 1 saturated heterocycles. The zero-order valence-corrected chi connectivity index (χ0v) is 20.4. The average Bonchev–Trinajstić information content (AvgIpc) is 2.93. The van der Waals surface area contributed by atoms with Gasteiger partial charge in [0.2, 0.25) is 0 Å². The number of ether oxygens (including phenoxy) is 3. The number of nitrogen functional groups attached to an aromatic ring is 1. The second-order valence-electron chi connectivity index (χ2n) is 6.64. The lowest BCUT2D eigenvalue weighted by Gasteiger charge is -2.24. The molecule has 0 saturated carbocycles. The quantitative estimate of drug-likeness (QED) is 0.166. The summed E-state index contributed by atoms with van der Waals surface area (Å²) in [6, 6.07) is 1.19. The normalized spacial score (nSPS) is 25.9. The number of anilines is 1. The van der Waals surface area contributed by atoms with Gasteiger partial charge in [0.05, 0.1) is 6.61 Å². The minimum absolute atomic E-state index is 0.158. The molecule has 1 aliphatic heterocycles. The van der Waals surface area contributed by atoms with Crippen molar-refractivity contribution in [1.29, 1.82) is 0 Å². The lowest BCUT2D eigenvalue weighted by atomic mass is 10.1. The molecule has 0 amide bonds. The van der Waals surface area contributed by atoms with Crippen LogP contribution < -0.4 is 11.4 Å². The van der Waals surface area contributed by atoms with Crippen LogP contribution in [-0.2, 0) is 50.6 Å². The Kier molecular flexibility index (Phi) is 9.14. The Morgan fingerprint density at radius 1 is 1.06 bits per heavy atom. The summed E-state index contributed by atoms with van der Waals surface area (Å²) in [5, 5.41) is 0. The molecule has 1 fully saturated rings. The van der Waals surface area contributed by atoms with Crippen molar-refractivity contribution >= 4 is 41.2 Å². The number of esters is 2. The van der Waals surface area contributed by atoms with Crippen molar-refractivity contribution in [1.82, 2.24) is 9.55 Å². The number of phosphoric ester groups is 1. The Morgan fingerprint density at radius 2 is 1.63 bits per heavy atom. The van der Waals surface area contributed by atoms with Crippen molar-refractivity contribution in [2.75, 3.05) is 12.3 Å². The first-order valence-corrected chi connectivity index (χ1v) is 13.5. The first kappa shape index (κ1) is 29.2. The van der Waals surface area contributed by atoms with Crippen molar-refractivity contribution in [2.45, 2.75) is 38.4 Å². The lowest BCUT2D eigenvalue weighted by Crippen LogP contribution is -2.41. The van der Waals surface area contributed by atoms with Crippen molar-refractivity contribution in [2.24, 2.45) is 0 Å². The first-order valence-electron chi connectivity index (χ1n) is 9.02. The molecule has 2 unspecified atom stereocenters. The van der Waals surface area contributed by atoms with E-state index < -0.39 is 72.2 Å². The van der Waals surface area contributed by atoms with Gasteiger partial charge in [-0.25, -0.2) is 18.5 Å². The molecule has 198 valence electrons. The summed E-state index contributed by atoms with van der Waals surface area (Å²) in [5.41, 5.74) is 4.46. The van der Waals surface area contributed by atoms with Gasteiger partial charge in [-0.1, -0.05) is 0 Å². The van der Waals surface area contributed by atoms with Crippen LogP contribution in [0.5, 0.6) is 0 Å². The number of carbonyl (C=O) groups excluding carboxylic acids is 2. The number of carbonyl (C=O) groups is 2. The Morgan fingerprint density at radius 3 is 2.14 bits per heavy atom. The molecule has 2 heterocycles. The van der Waals surface area contributed by atoms with Crippen LogP contribution in [0.1, 0.15) is 20.1 Å². The van der Waals surface area contributed by atoms with Gasteiger partial charge in [0.25, 0.3) is 0 Å². The van der Waals surface area contributed by atoms with Crippen molar-refractivity contribution in [3.05, 3.63) is 22.7 Å². The van der Waals surface area contributed by atoms with E-state index >= 15 is 0 Å². The van der Waals surface area contributed by atoms with Crippen LogP contribution in [-0.4, -0.2) is 66.0 Å². The molecule has 0 radical (unpaired) electrons. The van der Waals surface area contributed by atoms with Crippen LogP contribution in [0, 0.1) is 0 Å². The van der Waals surface area contributed by atoms with Crippen LogP contribution >= 0.6 is 23.5 Å². The molecule has 35 heavy (non-hydrogen) atoms. The van der Waals surface area contributed by atoms with E-state index in [1.807, 2.05) is 0 Å². The maximum absolute atomic E-state index is 12.3. The third-order valence-electron chi connectivity index (χ3n) is 3.83. The number of nitrogens with two attached hydrogens (primary N) is 1. The highest BCUT2D eigenvalue weighted by atomic mass is 31.3. The molecule has 22 heteroatoms. The average molecular weight is 567 g/mol. The second kappa shape index (κ2) is 10.9. The molecular weight excluding hydrogens is 547 g/mol. The van der Waals surface area contributed by atoms with Crippen LogP contribution in [0.25, 0.3) is 0 Å². The summed E-state index contributed by atoms with van der Waals surface area (Å²) in [6.45, 7) is 0.896. The molecule has 6 N–H and O–H groups in total. The van der Waals surface area contributed by atoms with E-state index in [9.17, 15) is 37.9 Å². The maximum Gasteiger partial charge on any atom is 0.490 e. The van der Waals surface area contributed by atoms with Gasteiger partial charge in [-0.3, -0.25) is 18.7 Å². The van der Waals surface area contributed by atoms with E-state index in [-0.39, 0.29) is 5.82 Å². The predicted octanol–water partition coefficient (Wildman–Crippen LogP) is -1.07. The lowest BCUT2D eigenvalue weighted by molar-refractivity contribution is -0.165. The van der Waals surface area contributed by atoms with Crippen molar-refractivity contribution in [3.8, 4) is 0 Å². The minimum Gasteiger partial charge on any atom is -0.456 e. The molecule has 6 atom stereocenters. The van der Waals surface area contributed by atoms with Gasteiger partial charge in [0.15, 0.2) is 18.4 Å². The topological polar surface area (TPSA) is 283 Å². The highest BCUT2D eigenvalue weighted by Crippen LogP contribution is 2.66. The molecule has 0 aromatic carbocycles. The molecule has 2 rings (SSSR count). The predicted molar refractivity (Wildman–Crippen MR) is 108 cm³/mol. The van der Waals surface area contributed by atoms with Crippen LogP contribution in [0.3, 0.4) is 0 Å². The van der Waals surface area contributed by atoms with Crippen molar-refractivity contribution in [3.63, 3.8) is 0 Å². The van der Waals surface area contributed by atoms with Crippen LogP contribution in [0.15, 0.2) is 17.1 Å². The van der Waals surface area contributed by atoms with Gasteiger partial charge >= 0.3 is 41.1 Å². The van der Waals surface area contributed by atoms with E-state index in [2.05, 4.69) is 18.1 Å². The summed E-state index contributed by atoms with van der Waals surface area (Å²) >= 11 is 0. The molecule has 0 aliphatic carbocycles. The summed E-state index contributed by atoms with van der Waals surface area (Å²) in [6.07, 6.45) is -5.05. The molecule has 19 nitrogen and oxygen atoms in total. The van der Waals surface area contributed by atoms with Gasteiger partial charge in [-0.2, -0.15) is 13.6 Å². The fraction of sp³-hybridized carbons (Fsp3) is 0.538.